The molecule has 0 unspecified atom stereocenters. The molecule has 0 saturated carbocycles. The van der Waals surface area contributed by atoms with Crippen LogP contribution in [0.5, 0.6) is 5.75 Å². The van der Waals surface area contributed by atoms with Gasteiger partial charge in [-0.2, -0.15) is 0 Å². The number of hydrogen-bond donors (Lipinski definition) is 1. The van der Waals surface area contributed by atoms with Gasteiger partial charge in [0, 0.05) is 31.6 Å². The van der Waals surface area contributed by atoms with E-state index in [0.29, 0.717) is 25.4 Å². The van der Waals surface area contributed by atoms with Crippen LogP contribution in [0.1, 0.15) is 30.7 Å². The van der Waals surface area contributed by atoms with Gasteiger partial charge in [0.2, 0.25) is 0 Å². The number of tetrazole rings is 1. The quantitative estimate of drug-likeness (QED) is 0.578. The normalized spacial score (nSPS) is 19.4. The number of piperidine rings is 1. The second-order valence-corrected chi connectivity index (χ2v) is 8.99. The number of aryl methyl sites for hydroxylation is 1. The number of carbonyl (C=O) groups excluding carboxylic acids is 1. The second-order valence-electron chi connectivity index (χ2n) is 8.99. The molecular weight excluding hydrogens is 479 g/mol. The molecule has 2 aromatic heterocycles. The van der Waals surface area contributed by atoms with Crippen molar-refractivity contribution in [2.45, 2.75) is 37.1 Å². The molecule has 2 aliphatic rings. The lowest BCUT2D eigenvalue weighted by Gasteiger charge is -2.38. The number of likely N-dealkylation sites (tertiary alicyclic amines) is 1. The molecule has 3 aromatic rings. The van der Waals surface area contributed by atoms with Gasteiger partial charge in [-0.25, -0.2) is 9.48 Å². The monoisotopic (exact) mass is 503 g/mol. The van der Waals surface area contributed by atoms with Crippen molar-refractivity contribution >= 4 is 12.0 Å². The fourth-order valence-electron chi connectivity index (χ4n) is 4.73. The van der Waals surface area contributed by atoms with Gasteiger partial charge < -0.3 is 14.4 Å². The predicted octanol–water partition coefficient (Wildman–Crippen LogP) is 3.74. The Balaban J connectivity index is 1.20. The number of aromatic nitrogens is 5. The summed E-state index contributed by atoms with van der Waals surface area (Å²) in [5, 5.41) is 13.7. The van der Waals surface area contributed by atoms with Crippen molar-refractivity contribution in [1.82, 2.24) is 30.1 Å². The van der Waals surface area contributed by atoms with E-state index in [1.54, 1.807) is 11.9 Å². The van der Waals surface area contributed by atoms with Crippen LogP contribution in [-0.4, -0.2) is 67.8 Å². The van der Waals surface area contributed by atoms with Crippen molar-refractivity contribution in [1.29, 1.82) is 0 Å². The number of pyridine rings is 1. The smallest absolute Gasteiger partial charge is 0.404 e. The maximum atomic E-state index is 12.6. The van der Waals surface area contributed by atoms with Crippen LogP contribution in [0, 0.1) is 0 Å². The van der Waals surface area contributed by atoms with Gasteiger partial charge in [-0.15, -0.1) is 13.2 Å². The highest BCUT2D eigenvalue weighted by Gasteiger charge is 2.44. The van der Waals surface area contributed by atoms with Gasteiger partial charge in [-0.3, -0.25) is 10.3 Å². The highest BCUT2D eigenvalue weighted by Crippen LogP contribution is 2.43. The molecule has 1 atom stereocenters. The van der Waals surface area contributed by atoms with Crippen LogP contribution >= 0.6 is 0 Å². The van der Waals surface area contributed by atoms with E-state index in [1.807, 2.05) is 24.3 Å². The van der Waals surface area contributed by atoms with E-state index in [1.165, 1.54) is 16.8 Å². The van der Waals surface area contributed by atoms with Crippen LogP contribution in [0.4, 0.5) is 23.9 Å². The van der Waals surface area contributed by atoms with E-state index in [0.717, 1.165) is 36.6 Å². The first-order chi connectivity index (χ1) is 17.2. The molecule has 0 bridgehead atoms. The van der Waals surface area contributed by atoms with Gasteiger partial charge in [-0.05, 0) is 53.5 Å². The largest absolute Gasteiger partial charge is 0.573 e. The zero-order chi connectivity index (χ0) is 25.3. The van der Waals surface area contributed by atoms with E-state index in [9.17, 15) is 18.0 Å². The standard InChI is InChI=1S/C23H24F3N7O3/c1-32-20(29-30-31-32)28-21(34)33-9-7-22(8-10-33)12-17(14-35-22)15-3-2-4-16(11-15)19-6-5-18(13-27-19)36-23(24,25)26/h2-6,11,13,17H,7-10,12,14H2,1H3,(H,28,29,31,34)/t17-/m0/s1. The molecule has 2 amide bonds. The molecule has 0 radical (unpaired) electrons. The molecule has 2 fully saturated rings. The Morgan fingerprint density at radius 2 is 2.03 bits per heavy atom. The van der Waals surface area contributed by atoms with Crippen LogP contribution in [0.2, 0.25) is 0 Å². The van der Waals surface area contributed by atoms with Crippen LogP contribution in [0.25, 0.3) is 11.3 Å². The third kappa shape index (κ3) is 5.25. The number of carbonyl (C=O) groups is 1. The van der Waals surface area contributed by atoms with Crippen molar-refractivity contribution in [3.05, 3.63) is 48.2 Å². The minimum Gasteiger partial charge on any atom is -0.404 e. The molecule has 190 valence electrons. The average molecular weight is 503 g/mol. The number of rotatable bonds is 4. The molecule has 36 heavy (non-hydrogen) atoms. The molecule has 4 heterocycles. The Morgan fingerprint density at radius 1 is 1.22 bits per heavy atom. The summed E-state index contributed by atoms with van der Waals surface area (Å²) in [6, 6.07) is 10.3. The molecule has 2 saturated heterocycles. The average Bonchev–Trinajstić information content (AvgIpc) is 3.45. The first kappa shape index (κ1) is 24.0. The number of urea groups is 1. The summed E-state index contributed by atoms with van der Waals surface area (Å²) in [5.41, 5.74) is 2.14. The Hall–Kier alpha value is -3.74. The molecule has 5 rings (SSSR count). The first-order valence-electron chi connectivity index (χ1n) is 11.4. The summed E-state index contributed by atoms with van der Waals surface area (Å²) in [4.78, 5) is 18.4. The van der Waals surface area contributed by atoms with Crippen molar-refractivity contribution < 1.29 is 27.4 Å². The first-order valence-corrected chi connectivity index (χ1v) is 11.4. The fraction of sp³-hybridized carbons (Fsp3) is 0.435. The van der Waals surface area contributed by atoms with E-state index in [4.69, 9.17) is 4.74 Å². The lowest BCUT2D eigenvalue weighted by molar-refractivity contribution is -0.274. The van der Waals surface area contributed by atoms with Crippen molar-refractivity contribution in [3.8, 4) is 17.0 Å². The number of nitrogens with zero attached hydrogens (tertiary/aromatic N) is 6. The summed E-state index contributed by atoms with van der Waals surface area (Å²) >= 11 is 0. The number of hydrogen-bond acceptors (Lipinski definition) is 7. The fourth-order valence-corrected chi connectivity index (χ4v) is 4.73. The van der Waals surface area contributed by atoms with Crippen molar-refractivity contribution in [3.63, 3.8) is 0 Å². The van der Waals surface area contributed by atoms with E-state index in [2.05, 4.69) is 30.6 Å². The van der Waals surface area contributed by atoms with Gasteiger partial charge in [0.1, 0.15) is 5.75 Å². The van der Waals surface area contributed by atoms with Crippen molar-refractivity contribution in [2.24, 2.45) is 7.05 Å². The van der Waals surface area contributed by atoms with Gasteiger partial charge >= 0.3 is 12.4 Å². The van der Waals surface area contributed by atoms with Crippen molar-refractivity contribution in [2.75, 3.05) is 25.0 Å². The Morgan fingerprint density at radius 3 is 2.69 bits per heavy atom. The molecule has 2 aliphatic heterocycles. The van der Waals surface area contributed by atoms with Gasteiger partial charge in [0.05, 0.1) is 24.1 Å². The summed E-state index contributed by atoms with van der Waals surface area (Å²) in [6.07, 6.45) is -1.43. The minimum atomic E-state index is -4.75. The Bertz CT molecular complexity index is 1220. The number of benzene rings is 1. The van der Waals surface area contributed by atoms with Crippen LogP contribution in [-0.2, 0) is 11.8 Å². The van der Waals surface area contributed by atoms with Crippen LogP contribution in [0.15, 0.2) is 42.6 Å². The van der Waals surface area contributed by atoms with Gasteiger partial charge in [0.15, 0.2) is 0 Å². The predicted molar refractivity (Wildman–Crippen MR) is 121 cm³/mol. The topological polar surface area (TPSA) is 107 Å². The third-order valence-corrected chi connectivity index (χ3v) is 6.63. The SMILES string of the molecule is Cn1nnnc1NC(=O)N1CCC2(CC1)C[C@H](c1cccc(-c3ccc(OC(F)(F)F)cn3)c1)CO2. The number of amides is 2. The summed E-state index contributed by atoms with van der Waals surface area (Å²) < 4.78 is 48.8. The van der Waals surface area contributed by atoms with Gasteiger partial charge in [-0.1, -0.05) is 23.3 Å². The summed E-state index contributed by atoms with van der Waals surface area (Å²) in [6.45, 7) is 1.67. The van der Waals surface area contributed by atoms with E-state index < -0.39 is 6.36 Å². The molecular formula is C23H24F3N7O3. The number of halogens is 3. The van der Waals surface area contributed by atoms with Gasteiger partial charge in [0.25, 0.3) is 5.95 Å². The lowest BCUT2D eigenvalue weighted by Crippen LogP contribution is -2.48. The summed E-state index contributed by atoms with van der Waals surface area (Å²) in [5.74, 6) is 0.0963. The molecule has 13 heteroatoms. The lowest BCUT2D eigenvalue weighted by atomic mass is 9.83. The Kier molecular flexibility index (Phi) is 6.24. The molecule has 0 aliphatic carbocycles. The number of nitrogens with one attached hydrogen (secondary N) is 1. The zero-order valence-electron chi connectivity index (χ0n) is 19.4. The third-order valence-electron chi connectivity index (χ3n) is 6.63. The maximum Gasteiger partial charge on any atom is 0.573 e. The Labute approximate surface area is 204 Å². The number of alkyl halides is 3. The molecule has 10 nitrogen and oxygen atoms in total. The van der Waals surface area contributed by atoms with E-state index >= 15 is 0 Å². The molecule has 1 spiro atoms. The number of anilines is 1. The number of ether oxygens (including phenoxy) is 2. The van der Waals surface area contributed by atoms with E-state index in [-0.39, 0.29) is 29.2 Å². The maximum absolute atomic E-state index is 12.6. The van der Waals surface area contributed by atoms with Crippen LogP contribution < -0.4 is 10.1 Å². The van der Waals surface area contributed by atoms with Crippen LogP contribution in [0.3, 0.4) is 0 Å². The molecule has 1 N–H and O–H groups in total. The molecule has 1 aromatic carbocycles. The highest BCUT2D eigenvalue weighted by atomic mass is 19.4. The second kappa shape index (κ2) is 9.37. The zero-order valence-corrected chi connectivity index (χ0v) is 19.4. The summed E-state index contributed by atoms with van der Waals surface area (Å²) in [7, 11) is 1.65. The minimum absolute atomic E-state index is 0.169. The highest BCUT2D eigenvalue weighted by molar-refractivity contribution is 5.87.